The predicted octanol–water partition coefficient (Wildman–Crippen LogP) is 4.25. The van der Waals surface area contributed by atoms with E-state index in [1.54, 1.807) is 6.92 Å². The van der Waals surface area contributed by atoms with Gasteiger partial charge in [-0.1, -0.05) is 12.1 Å². The van der Waals surface area contributed by atoms with E-state index in [4.69, 9.17) is 4.74 Å². The van der Waals surface area contributed by atoms with E-state index in [1.165, 1.54) is 23.1 Å². The average molecular weight is 581 g/mol. The van der Waals surface area contributed by atoms with Gasteiger partial charge < -0.3 is 9.64 Å². The summed E-state index contributed by atoms with van der Waals surface area (Å²) in [4.78, 5) is 27.2. The Hall–Kier alpha value is -2.94. The molecular formula is C20H20BrF3N4O6S. The van der Waals surface area contributed by atoms with Crippen LogP contribution in [-0.2, 0) is 19.6 Å². The first kappa shape index (κ1) is 26.7. The third-order valence-electron chi connectivity index (χ3n) is 5.24. The summed E-state index contributed by atoms with van der Waals surface area (Å²) in [5.74, 6) is -2.37. The molecule has 35 heavy (non-hydrogen) atoms. The van der Waals surface area contributed by atoms with Crippen LogP contribution < -0.4 is 9.21 Å². The molecule has 1 aromatic heterocycles. The number of nitrogens with zero attached hydrogens (tertiary/aromatic N) is 4. The fourth-order valence-corrected chi connectivity index (χ4v) is 5.93. The number of alkyl halides is 3. The lowest BCUT2D eigenvalue weighted by atomic mass is 9.97. The highest BCUT2D eigenvalue weighted by molar-refractivity contribution is 9.10. The maximum atomic E-state index is 14.1. The molecule has 1 aliphatic rings. The van der Waals surface area contributed by atoms with E-state index in [-0.39, 0.29) is 37.0 Å². The van der Waals surface area contributed by atoms with Gasteiger partial charge in [-0.3, -0.25) is 14.9 Å². The van der Waals surface area contributed by atoms with Crippen molar-refractivity contribution in [3.8, 4) is 0 Å². The highest BCUT2D eigenvalue weighted by Crippen LogP contribution is 2.39. The molecule has 0 unspecified atom stereocenters. The second kappa shape index (κ2) is 10.4. The number of halogens is 4. The smallest absolute Gasteiger partial charge is 0.466 e. The van der Waals surface area contributed by atoms with Crippen LogP contribution in [0.15, 0.2) is 45.8 Å². The molecule has 0 saturated carbocycles. The Labute approximate surface area is 207 Å². The number of benzene rings is 1. The van der Waals surface area contributed by atoms with Crippen molar-refractivity contribution in [2.24, 2.45) is 5.92 Å². The van der Waals surface area contributed by atoms with Gasteiger partial charge in [-0.25, -0.2) is 13.4 Å². The first-order chi connectivity index (χ1) is 16.4. The minimum Gasteiger partial charge on any atom is -0.466 e. The second-order valence-electron chi connectivity index (χ2n) is 7.45. The molecule has 0 atom stereocenters. The fourth-order valence-electron chi connectivity index (χ4n) is 3.65. The van der Waals surface area contributed by atoms with E-state index >= 15 is 0 Å². The molecule has 0 bridgehead atoms. The quantitative estimate of drug-likeness (QED) is 0.206. The number of carbonyl (C=O) groups is 1. The van der Waals surface area contributed by atoms with Gasteiger partial charge in [0.25, 0.3) is 10.0 Å². The Bertz CT molecular complexity index is 1220. The predicted molar refractivity (Wildman–Crippen MR) is 122 cm³/mol. The molecule has 1 aliphatic heterocycles. The van der Waals surface area contributed by atoms with Crippen LogP contribution in [0.2, 0.25) is 0 Å². The van der Waals surface area contributed by atoms with Crippen LogP contribution in [0.1, 0.15) is 19.8 Å². The summed E-state index contributed by atoms with van der Waals surface area (Å²) in [6, 6.07) is 6.37. The number of nitro groups is 1. The van der Waals surface area contributed by atoms with E-state index in [0.29, 0.717) is 6.07 Å². The summed E-state index contributed by atoms with van der Waals surface area (Å²) >= 11 is 2.95. The van der Waals surface area contributed by atoms with Crippen LogP contribution in [0.3, 0.4) is 0 Å². The summed E-state index contributed by atoms with van der Waals surface area (Å²) in [5, 5.41) is 11.6. The molecule has 0 N–H and O–H groups in total. The van der Waals surface area contributed by atoms with Crippen molar-refractivity contribution in [3.05, 3.63) is 51.0 Å². The zero-order valence-electron chi connectivity index (χ0n) is 18.2. The van der Waals surface area contributed by atoms with Crippen LogP contribution >= 0.6 is 15.9 Å². The number of hydrogen-bond acceptors (Lipinski definition) is 8. The summed E-state index contributed by atoms with van der Waals surface area (Å²) < 4.78 is 72.3. The molecule has 2 aromatic rings. The summed E-state index contributed by atoms with van der Waals surface area (Å²) in [5.41, 5.74) is -0.594. The molecule has 1 saturated heterocycles. The Morgan fingerprint density at radius 1 is 1.26 bits per heavy atom. The topological polar surface area (TPSA) is 123 Å². The summed E-state index contributed by atoms with van der Waals surface area (Å²) in [7, 11) is -5.20. The van der Waals surface area contributed by atoms with Gasteiger partial charge in [0.05, 0.1) is 17.4 Å². The molecule has 2 heterocycles. The highest BCUT2D eigenvalue weighted by atomic mass is 79.9. The molecule has 0 spiro atoms. The van der Waals surface area contributed by atoms with Gasteiger partial charge in [0.2, 0.25) is 5.82 Å². The van der Waals surface area contributed by atoms with Gasteiger partial charge in [0, 0.05) is 23.6 Å². The number of esters is 1. The molecule has 10 nitrogen and oxygen atoms in total. The Kier molecular flexibility index (Phi) is 7.89. The van der Waals surface area contributed by atoms with Gasteiger partial charge in [-0.2, -0.15) is 4.31 Å². The summed E-state index contributed by atoms with van der Waals surface area (Å²) in [6.45, 7) is 1.99. The van der Waals surface area contributed by atoms with Crippen molar-refractivity contribution in [1.82, 2.24) is 4.98 Å². The number of hydrogen-bond donors (Lipinski definition) is 0. The molecule has 1 aromatic carbocycles. The number of rotatable bonds is 7. The normalized spacial score (nSPS) is 15.1. The van der Waals surface area contributed by atoms with Crippen molar-refractivity contribution >= 4 is 49.2 Å². The van der Waals surface area contributed by atoms with E-state index < -0.39 is 59.7 Å². The lowest BCUT2D eigenvalue weighted by molar-refractivity contribution is -0.384. The molecule has 0 aliphatic carbocycles. The number of aromatic nitrogens is 1. The largest absolute Gasteiger partial charge is 0.500 e. The van der Waals surface area contributed by atoms with E-state index in [9.17, 15) is 36.5 Å². The number of anilines is 2. The average Bonchev–Trinajstić information content (AvgIpc) is 2.78. The van der Waals surface area contributed by atoms with Gasteiger partial charge >= 0.3 is 18.0 Å². The molecule has 15 heteroatoms. The fraction of sp³-hybridized carbons (Fsp3) is 0.400. The zero-order chi connectivity index (χ0) is 26.0. The minimum absolute atomic E-state index is 0.0732. The monoisotopic (exact) mass is 580 g/mol. The second-order valence-corrected chi connectivity index (χ2v) is 10.1. The van der Waals surface area contributed by atoms with Crippen molar-refractivity contribution in [2.45, 2.75) is 31.0 Å². The van der Waals surface area contributed by atoms with Gasteiger partial charge in [-0.05, 0) is 53.9 Å². The number of pyridine rings is 1. The van der Waals surface area contributed by atoms with E-state index in [0.717, 1.165) is 12.1 Å². The number of carbonyl (C=O) groups excluding carboxylic acids is 1. The van der Waals surface area contributed by atoms with Gasteiger partial charge in [0.1, 0.15) is 4.90 Å². The van der Waals surface area contributed by atoms with E-state index in [1.807, 2.05) is 0 Å². The molecule has 3 rings (SSSR count). The van der Waals surface area contributed by atoms with Crippen molar-refractivity contribution < 1.29 is 36.0 Å². The molecule has 0 radical (unpaired) electrons. The third-order valence-corrected chi connectivity index (χ3v) is 7.98. The maximum Gasteiger partial charge on any atom is 0.500 e. The lowest BCUT2D eigenvalue weighted by Gasteiger charge is -2.32. The van der Waals surface area contributed by atoms with Crippen molar-refractivity contribution in [2.75, 3.05) is 28.9 Å². The van der Waals surface area contributed by atoms with Gasteiger partial charge in [-0.15, -0.1) is 13.2 Å². The van der Waals surface area contributed by atoms with E-state index in [2.05, 4.69) is 20.9 Å². The number of ether oxygens (including phenoxy) is 1. The lowest BCUT2D eigenvalue weighted by Crippen LogP contribution is -2.44. The Morgan fingerprint density at radius 2 is 1.89 bits per heavy atom. The first-order valence-electron chi connectivity index (χ1n) is 10.3. The molecular weight excluding hydrogens is 561 g/mol. The Balaban J connectivity index is 2.05. The summed E-state index contributed by atoms with van der Waals surface area (Å²) in [6.07, 6.45) is -4.95. The van der Waals surface area contributed by atoms with Crippen LogP contribution in [0.25, 0.3) is 0 Å². The minimum atomic E-state index is -5.43. The van der Waals surface area contributed by atoms with Crippen LogP contribution in [0.5, 0.6) is 0 Å². The van der Waals surface area contributed by atoms with Crippen LogP contribution in [0.4, 0.5) is 30.5 Å². The highest BCUT2D eigenvalue weighted by Gasteiger charge is 2.48. The first-order valence-corrected chi connectivity index (χ1v) is 12.5. The number of piperidine rings is 1. The van der Waals surface area contributed by atoms with Gasteiger partial charge in [0.15, 0.2) is 5.82 Å². The molecule has 190 valence electrons. The molecule has 1 fully saturated rings. The van der Waals surface area contributed by atoms with Crippen LogP contribution in [0, 0.1) is 16.0 Å². The standard InChI is InChI=1S/C20H20BrF3N4O6S/c1-2-34-19(29)13-9-11-26(12-10-13)18-15(28(30)31)7-8-17(25-18)27(20(22,23)24)35(32,33)16-6-4-3-5-14(16)21/h3-8,13H,2,9-12H2,1H3. The zero-order valence-corrected chi connectivity index (χ0v) is 20.6. The number of sulfonamides is 1. The molecule has 0 amide bonds. The SMILES string of the molecule is CCOC(=O)C1CCN(c2nc(N(C(F)(F)F)S(=O)(=O)c3ccccc3Br)ccc2[N+](=O)[O-])CC1. The van der Waals surface area contributed by atoms with Crippen molar-refractivity contribution in [1.29, 1.82) is 0 Å². The third kappa shape index (κ3) is 5.66. The van der Waals surface area contributed by atoms with Crippen molar-refractivity contribution in [3.63, 3.8) is 0 Å². The van der Waals surface area contributed by atoms with Crippen LogP contribution in [-0.4, -0.2) is 50.3 Å². The Morgan fingerprint density at radius 3 is 2.43 bits per heavy atom. The maximum absolute atomic E-state index is 14.1.